The summed E-state index contributed by atoms with van der Waals surface area (Å²) in [7, 11) is 0. The largest absolute Gasteiger partial charge is 0.310 e. The first kappa shape index (κ1) is 25.1. The van der Waals surface area contributed by atoms with Crippen LogP contribution in [0.4, 0.5) is 34.1 Å². The van der Waals surface area contributed by atoms with Gasteiger partial charge >= 0.3 is 0 Å². The van der Waals surface area contributed by atoms with E-state index in [1.807, 2.05) is 9.80 Å². The van der Waals surface area contributed by atoms with Gasteiger partial charge in [0.15, 0.2) is 0 Å². The van der Waals surface area contributed by atoms with Crippen molar-refractivity contribution in [2.24, 2.45) is 0 Å². The molecule has 0 aliphatic rings. The molecule has 294 valence electrons. The van der Waals surface area contributed by atoms with Gasteiger partial charge in [0, 0.05) is 93.7 Å². The zero-order chi connectivity index (χ0) is 51.4. The molecule has 0 aliphatic heterocycles. The number of hydrogen-bond acceptors (Lipinski definition) is 2. The summed E-state index contributed by atoms with van der Waals surface area (Å²) in [5.74, 6) is 0. The molecule has 4 heterocycles. The van der Waals surface area contributed by atoms with Gasteiger partial charge in [-0.05, 0) is 124 Å². The van der Waals surface area contributed by atoms with Crippen LogP contribution >= 0.6 is 0 Å². The van der Waals surface area contributed by atoms with Crippen molar-refractivity contribution in [2.45, 2.75) is 27.4 Å². The van der Waals surface area contributed by atoms with Gasteiger partial charge in [0.25, 0.3) is 0 Å². The molecule has 4 nitrogen and oxygen atoms in total. The van der Waals surface area contributed by atoms with Crippen molar-refractivity contribution >= 4 is 110 Å². The van der Waals surface area contributed by atoms with E-state index in [0.29, 0.717) is 0 Å². The highest BCUT2D eigenvalue weighted by molar-refractivity contribution is 6.29. The standard InChI is InChI=1S/C58H42N4/c1-35-11-19-39(20-12-35)59(40-21-13-36(2)14-22-40)43-27-29-53-49(31-43)45-7-5-9-47-51-34-56-52(33-55(51)61(53)57(45)47)48-10-6-8-46-50-32-44(28-30-54(50)62(56)58(46)48)60(41-23-15-37(3)16-24-41)42-25-17-38(4)18-26-42/h5-34H,1-4H3/i1D3,2D3,3D3,4D3. The third kappa shape index (κ3) is 4.95. The fourth-order valence-corrected chi connectivity index (χ4v) is 10.0. The van der Waals surface area contributed by atoms with Gasteiger partial charge in [-0.25, -0.2) is 0 Å². The molecule has 9 aromatic carbocycles. The number of para-hydroxylation sites is 2. The molecule has 0 saturated heterocycles. The molecule has 0 unspecified atom stereocenters. The van der Waals surface area contributed by atoms with Gasteiger partial charge in [-0.2, -0.15) is 0 Å². The van der Waals surface area contributed by atoms with Crippen LogP contribution in [0.1, 0.15) is 38.7 Å². The van der Waals surface area contributed by atoms with Gasteiger partial charge < -0.3 is 18.6 Å². The molecule has 0 spiro atoms. The van der Waals surface area contributed by atoms with Gasteiger partial charge in [-0.15, -0.1) is 0 Å². The highest BCUT2D eigenvalue weighted by Crippen LogP contribution is 2.47. The number of rotatable bonds is 6. The molecule has 0 bridgehead atoms. The van der Waals surface area contributed by atoms with Crippen LogP contribution in [0.2, 0.25) is 0 Å². The second-order valence-electron chi connectivity index (χ2n) is 16.2. The number of aromatic nitrogens is 2. The maximum absolute atomic E-state index is 7.97. The molecule has 0 N–H and O–H groups in total. The van der Waals surface area contributed by atoms with E-state index in [1.165, 1.54) is 0 Å². The smallest absolute Gasteiger partial charge is 0.0620 e. The van der Waals surface area contributed by atoms with E-state index in [2.05, 4.69) is 93.7 Å². The fourth-order valence-electron chi connectivity index (χ4n) is 10.0. The first-order chi connectivity index (χ1) is 35.2. The van der Waals surface area contributed by atoms with Crippen molar-refractivity contribution in [3.63, 3.8) is 0 Å². The summed E-state index contributed by atoms with van der Waals surface area (Å²) >= 11 is 0. The maximum atomic E-state index is 7.97. The van der Waals surface area contributed by atoms with Crippen molar-refractivity contribution in [2.75, 3.05) is 9.80 Å². The van der Waals surface area contributed by atoms with Crippen LogP contribution in [-0.2, 0) is 0 Å². The third-order valence-electron chi connectivity index (χ3n) is 12.7. The SMILES string of the molecule is [2H]C([2H])([2H])c1ccc(N(c2ccc(C([2H])([2H])[2H])cc2)c2ccc3c(c2)c2cccc4c5cc6c(cc5n3c24)c2cccc3c4cc(N(c5ccc(C([2H])([2H])[2H])cc5)c5ccc(C([2H])([2H])[2H])cc5)ccc4n6c32)cc1. The van der Waals surface area contributed by atoms with Gasteiger partial charge in [0.2, 0.25) is 0 Å². The lowest BCUT2D eigenvalue weighted by Crippen LogP contribution is -2.09. The number of fused-ring (bicyclic) bond motifs is 12. The molecule has 0 atom stereocenters. The molecule has 0 radical (unpaired) electrons. The van der Waals surface area contributed by atoms with Crippen molar-refractivity contribution in [1.29, 1.82) is 0 Å². The Balaban J connectivity index is 0.971. The topological polar surface area (TPSA) is 15.3 Å². The second kappa shape index (κ2) is 12.8. The zero-order valence-corrected chi connectivity index (χ0v) is 33.1. The number of nitrogens with zero attached hydrogens (tertiary/aromatic N) is 4. The van der Waals surface area contributed by atoms with Crippen LogP contribution in [0.3, 0.4) is 0 Å². The van der Waals surface area contributed by atoms with E-state index in [0.717, 1.165) is 110 Å². The van der Waals surface area contributed by atoms with Crippen LogP contribution in [0.5, 0.6) is 0 Å². The van der Waals surface area contributed by atoms with Crippen LogP contribution < -0.4 is 9.80 Å². The maximum Gasteiger partial charge on any atom is 0.0620 e. The Morgan fingerprint density at radius 2 is 0.581 bits per heavy atom. The van der Waals surface area contributed by atoms with Gasteiger partial charge in [0.05, 0.1) is 33.1 Å². The quantitative estimate of drug-likeness (QED) is 0.166. The van der Waals surface area contributed by atoms with E-state index >= 15 is 0 Å². The van der Waals surface area contributed by atoms with Crippen molar-refractivity contribution < 1.29 is 16.4 Å². The highest BCUT2D eigenvalue weighted by Gasteiger charge is 2.24. The Morgan fingerprint density at radius 3 is 0.887 bits per heavy atom. The van der Waals surface area contributed by atoms with Gasteiger partial charge in [-0.3, -0.25) is 0 Å². The van der Waals surface area contributed by atoms with Crippen LogP contribution in [0.25, 0.3) is 76.2 Å². The zero-order valence-electron chi connectivity index (χ0n) is 45.1. The summed E-state index contributed by atoms with van der Waals surface area (Å²) in [6, 6.07) is 57.3. The Labute approximate surface area is 376 Å². The number of aryl methyl sites for hydroxylation is 4. The lowest BCUT2D eigenvalue weighted by molar-refractivity contribution is 1.27. The summed E-state index contributed by atoms with van der Waals surface area (Å²) in [5, 5.41) is 8.60. The minimum atomic E-state index is -2.27. The number of hydrogen-bond donors (Lipinski definition) is 0. The average Bonchev–Trinajstić information content (AvgIpc) is 4.09. The summed E-state index contributed by atoms with van der Waals surface area (Å²) in [6.45, 7) is -9.08. The lowest BCUT2D eigenvalue weighted by atomic mass is 10.0. The van der Waals surface area contributed by atoms with Gasteiger partial charge in [-0.1, -0.05) is 107 Å². The van der Waals surface area contributed by atoms with E-state index in [1.54, 1.807) is 97.1 Å². The number of benzene rings is 9. The van der Waals surface area contributed by atoms with E-state index in [-0.39, 0.29) is 22.3 Å². The molecular weight excluding hydrogens is 753 g/mol. The van der Waals surface area contributed by atoms with Crippen molar-refractivity contribution in [3.8, 4) is 0 Å². The monoisotopic (exact) mass is 806 g/mol. The molecule has 0 fully saturated rings. The Kier molecular flexibility index (Phi) is 5.19. The third-order valence-corrected chi connectivity index (χ3v) is 12.7. The average molecular weight is 807 g/mol. The molecule has 4 heteroatoms. The Morgan fingerprint density at radius 1 is 0.290 bits per heavy atom. The molecule has 0 aliphatic carbocycles. The number of anilines is 6. The van der Waals surface area contributed by atoms with E-state index < -0.39 is 27.4 Å². The fraction of sp³-hybridized carbons (Fsp3) is 0.0690. The Hall–Kier alpha value is -7.82. The normalized spacial score (nSPS) is 15.9. The predicted octanol–water partition coefficient (Wildman–Crippen LogP) is 16.2. The summed E-state index contributed by atoms with van der Waals surface area (Å²) in [4.78, 5) is 4.04. The van der Waals surface area contributed by atoms with E-state index in [9.17, 15) is 0 Å². The molecule has 13 rings (SSSR count). The summed E-state index contributed by atoms with van der Waals surface area (Å²) in [5.41, 5.74) is 11.8. The summed E-state index contributed by atoms with van der Waals surface area (Å²) < 4.78 is 100. The molecule has 62 heavy (non-hydrogen) atoms. The van der Waals surface area contributed by atoms with Crippen molar-refractivity contribution in [1.82, 2.24) is 8.80 Å². The first-order valence-corrected chi connectivity index (χ1v) is 20.6. The molecule has 4 aromatic heterocycles. The predicted molar refractivity (Wildman–Crippen MR) is 264 cm³/mol. The van der Waals surface area contributed by atoms with E-state index in [4.69, 9.17) is 16.4 Å². The van der Waals surface area contributed by atoms with Crippen LogP contribution in [0, 0.1) is 27.4 Å². The minimum absolute atomic E-state index is 0.225. The summed E-state index contributed by atoms with van der Waals surface area (Å²) in [6.07, 6.45) is 0. The molecule has 0 amide bonds. The van der Waals surface area contributed by atoms with Crippen LogP contribution in [0.15, 0.2) is 182 Å². The molecule has 13 aromatic rings. The molecule has 0 saturated carbocycles. The minimum Gasteiger partial charge on any atom is -0.310 e. The second-order valence-corrected chi connectivity index (χ2v) is 16.2. The van der Waals surface area contributed by atoms with Gasteiger partial charge in [0.1, 0.15) is 0 Å². The van der Waals surface area contributed by atoms with Crippen molar-refractivity contribution in [3.05, 3.63) is 204 Å². The first-order valence-electron chi connectivity index (χ1n) is 26.6. The Bertz CT molecular complexity index is 3940. The highest BCUT2D eigenvalue weighted by atomic mass is 15.1. The lowest BCUT2D eigenvalue weighted by Gasteiger charge is -2.26. The van der Waals surface area contributed by atoms with Crippen LogP contribution in [-0.4, -0.2) is 8.80 Å². The molecular formula is C58H42N4.